The summed E-state index contributed by atoms with van der Waals surface area (Å²) in [6, 6.07) is 2.12. The van der Waals surface area contributed by atoms with Crippen molar-refractivity contribution in [1.82, 2.24) is 9.55 Å². The Hall–Kier alpha value is -2.41. The molecule has 2 rings (SSSR count). The monoisotopic (exact) mass is 269 g/mol. The zero-order valence-corrected chi connectivity index (χ0v) is 12.4. The molecule has 0 aliphatic carbocycles. The van der Waals surface area contributed by atoms with Crippen molar-refractivity contribution in [3.8, 4) is 6.07 Å². The SMILES string of the molecule is C=Cc1nc2n(c1/C=C\C)C(=O)CC(C)=C2C#N.CC. The van der Waals surface area contributed by atoms with Gasteiger partial charge in [-0.3, -0.25) is 9.36 Å². The molecule has 0 bridgehead atoms. The molecule has 0 spiro atoms. The van der Waals surface area contributed by atoms with Gasteiger partial charge >= 0.3 is 0 Å². The summed E-state index contributed by atoms with van der Waals surface area (Å²) in [5.74, 6) is 0.365. The van der Waals surface area contributed by atoms with Gasteiger partial charge in [-0.1, -0.05) is 26.5 Å². The van der Waals surface area contributed by atoms with Crippen molar-refractivity contribution in [1.29, 1.82) is 5.26 Å². The number of imidazole rings is 1. The van der Waals surface area contributed by atoms with Gasteiger partial charge in [-0.05, 0) is 31.6 Å². The fraction of sp³-hybridized carbons (Fsp3) is 0.312. The number of nitrogens with zero attached hydrogens (tertiary/aromatic N) is 3. The van der Waals surface area contributed by atoms with Crippen LogP contribution in [0.15, 0.2) is 18.2 Å². The van der Waals surface area contributed by atoms with Crippen LogP contribution in [0.25, 0.3) is 17.7 Å². The molecule has 0 saturated heterocycles. The highest BCUT2D eigenvalue weighted by atomic mass is 16.2. The third-order valence-electron chi connectivity index (χ3n) is 2.89. The molecule has 0 unspecified atom stereocenters. The Bertz CT molecular complexity index is 639. The summed E-state index contributed by atoms with van der Waals surface area (Å²) in [5, 5.41) is 9.18. The summed E-state index contributed by atoms with van der Waals surface area (Å²) in [6.45, 7) is 11.3. The molecule has 4 nitrogen and oxygen atoms in total. The molecule has 4 heteroatoms. The van der Waals surface area contributed by atoms with E-state index in [0.717, 1.165) is 5.57 Å². The molecule has 0 amide bonds. The molecule has 0 fully saturated rings. The van der Waals surface area contributed by atoms with Crippen molar-refractivity contribution < 1.29 is 4.79 Å². The van der Waals surface area contributed by atoms with E-state index in [-0.39, 0.29) is 12.3 Å². The number of hydrogen-bond donors (Lipinski definition) is 0. The Morgan fingerprint density at radius 3 is 2.60 bits per heavy atom. The maximum absolute atomic E-state index is 12.1. The molecule has 0 atom stereocenters. The van der Waals surface area contributed by atoms with E-state index in [1.54, 1.807) is 19.1 Å². The lowest BCUT2D eigenvalue weighted by Crippen LogP contribution is -2.20. The molecule has 1 aliphatic heterocycles. The molecule has 1 aromatic heterocycles. The first-order chi connectivity index (χ1) is 9.63. The van der Waals surface area contributed by atoms with Crippen molar-refractivity contribution in [3.63, 3.8) is 0 Å². The minimum absolute atomic E-state index is 0.0600. The maximum atomic E-state index is 12.1. The average Bonchev–Trinajstić information content (AvgIpc) is 2.81. The van der Waals surface area contributed by atoms with Crippen LogP contribution in [-0.2, 0) is 0 Å². The molecule has 0 radical (unpaired) electrons. The Morgan fingerprint density at radius 1 is 1.45 bits per heavy atom. The molecule has 0 aromatic carbocycles. The summed E-state index contributed by atoms with van der Waals surface area (Å²) in [4.78, 5) is 16.4. The first kappa shape index (κ1) is 15.6. The van der Waals surface area contributed by atoms with Gasteiger partial charge in [0.2, 0.25) is 5.91 Å². The Morgan fingerprint density at radius 2 is 2.10 bits per heavy atom. The van der Waals surface area contributed by atoms with E-state index in [0.29, 0.717) is 22.8 Å². The number of fused-ring (bicyclic) bond motifs is 1. The maximum Gasteiger partial charge on any atom is 0.236 e. The first-order valence-corrected chi connectivity index (χ1v) is 6.65. The third kappa shape index (κ3) is 2.48. The zero-order valence-electron chi connectivity index (χ0n) is 12.4. The number of nitriles is 1. The van der Waals surface area contributed by atoms with Crippen molar-refractivity contribution >= 4 is 23.6 Å². The molecule has 0 saturated carbocycles. The van der Waals surface area contributed by atoms with E-state index in [2.05, 4.69) is 17.6 Å². The van der Waals surface area contributed by atoms with E-state index >= 15 is 0 Å². The standard InChI is InChI=1S/C14H13N3O.C2H6/c1-4-6-12-11(5-2)16-14-10(8-15)9(3)7-13(18)17(12)14;1-2/h4-6H,2,7H2,1,3H3;1-2H3/b6-4-;. The van der Waals surface area contributed by atoms with Crippen molar-refractivity contribution in [2.75, 3.05) is 0 Å². The van der Waals surface area contributed by atoms with Crippen LogP contribution >= 0.6 is 0 Å². The number of hydrogen-bond acceptors (Lipinski definition) is 3. The molecular formula is C16H19N3O. The highest BCUT2D eigenvalue weighted by Crippen LogP contribution is 2.29. The highest BCUT2D eigenvalue weighted by Gasteiger charge is 2.27. The topological polar surface area (TPSA) is 58.7 Å². The lowest BCUT2D eigenvalue weighted by molar-refractivity contribution is 0.0909. The van der Waals surface area contributed by atoms with Gasteiger partial charge in [0, 0.05) is 0 Å². The van der Waals surface area contributed by atoms with E-state index in [1.807, 2.05) is 26.8 Å². The van der Waals surface area contributed by atoms with Crippen LogP contribution in [0.5, 0.6) is 0 Å². The van der Waals surface area contributed by atoms with Crippen LogP contribution in [0.3, 0.4) is 0 Å². The van der Waals surface area contributed by atoms with Crippen LogP contribution < -0.4 is 0 Å². The minimum atomic E-state index is -0.0600. The van der Waals surface area contributed by atoms with Gasteiger partial charge in [0.25, 0.3) is 0 Å². The molecule has 1 aliphatic rings. The fourth-order valence-electron chi connectivity index (χ4n) is 2.07. The van der Waals surface area contributed by atoms with Crippen LogP contribution in [-0.4, -0.2) is 15.5 Å². The van der Waals surface area contributed by atoms with Crippen LogP contribution in [0, 0.1) is 11.3 Å². The van der Waals surface area contributed by atoms with Crippen molar-refractivity contribution in [2.24, 2.45) is 0 Å². The second kappa shape index (κ2) is 6.67. The summed E-state index contributed by atoms with van der Waals surface area (Å²) in [6.07, 6.45) is 5.49. The van der Waals surface area contributed by atoms with Gasteiger partial charge < -0.3 is 0 Å². The van der Waals surface area contributed by atoms with Gasteiger partial charge in [0.05, 0.1) is 23.4 Å². The summed E-state index contributed by atoms with van der Waals surface area (Å²) in [5.41, 5.74) is 2.56. The molecule has 2 heterocycles. The third-order valence-corrected chi connectivity index (χ3v) is 2.89. The molecule has 20 heavy (non-hydrogen) atoms. The first-order valence-electron chi connectivity index (χ1n) is 6.65. The second-order valence-electron chi connectivity index (χ2n) is 4.08. The molecule has 0 N–H and O–H groups in total. The molecule has 104 valence electrons. The second-order valence-corrected chi connectivity index (χ2v) is 4.08. The summed E-state index contributed by atoms with van der Waals surface area (Å²) < 4.78 is 1.50. The van der Waals surface area contributed by atoms with Crippen LogP contribution in [0.1, 0.15) is 56.1 Å². The molecular weight excluding hydrogens is 250 g/mol. The van der Waals surface area contributed by atoms with Crippen LogP contribution in [0.2, 0.25) is 0 Å². The van der Waals surface area contributed by atoms with Gasteiger partial charge in [-0.15, -0.1) is 0 Å². The number of allylic oxidation sites excluding steroid dienone is 3. The minimum Gasteiger partial charge on any atom is -0.274 e. The van der Waals surface area contributed by atoms with E-state index in [1.165, 1.54) is 4.57 Å². The quantitative estimate of drug-likeness (QED) is 0.817. The Labute approximate surface area is 119 Å². The number of carbonyl (C=O) groups excluding carboxylic acids is 1. The lowest BCUT2D eigenvalue weighted by Gasteiger charge is -2.15. The predicted molar refractivity (Wildman–Crippen MR) is 81.8 cm³/mol. The summed E-state index contributed by atoms with van der Waals surface area (Å²) >= 11 is 0. The molecule has 1 aromatic rings. The number of carbonyl (C=O) groups is 1. The van der Waals surface area contributed by atoms with Gasteiger partial charge in [-0.25, -0.2) is 4.98 Å². The van der Waals surface area contributed by atoms with Crippen LogP contribution in [0.4, 0.5) is 0 Å². The van der Waals surface area contributed by atoms with Gasteiger partial charge in [0.1, 0.15) is 6.07 Å². The fourth-order valence-corrected chi connectivity index (χ4v) is 2.07. The number of aromatic nitrogens is 2. The average molecular weight is 269 g/mol. The van der Waals surface area contributed by atoms with Gasteiger partial charge in [-0.2, -0.15) is 5.26 Å². The normalized spacial score (nSPS) is 13.7. The van der Waals surface area contributed by atoms with Crippen molar-refractivity contribution in [2.45, 2.75) is 34.1 Å². The lowest BCUT2D eigenvalue weighted by atomic mass is 10.0. The largest absolute Gasteiger partial charge is 0.274 e. The van der Waals surface area contributed by atoms with Gasteiger partial charge in [0.15, 0.2) is 5.82 Å². The van der Waals surface area contributed by atoms with Crippen molar-refractivity contribution in [3.05, 3.63) is 35.4 Å². The zero-order chi connectivity index (χ0) is 15.3. The predicted octanol–water partition coefficient (Wildman–Crippen LogP) is 3.93. The van der Waals surface area contributed by atoms with E-state index < -0.39 is 0 Å². The smallest absolute Gasteiger partial charge is 0.236 e. The Balaban J connectivity index is 0.000000956. The van der Waals surface area contributed by atoms with E-state index in [9.17, 15) is 10.1 Å². The number of rotatable bonds is 2. The Kier molecular flexibility index (Phi) is 5.22. The van der Waals surface area contributed by atoms with E-state index in [4.69, 9.17) is 0 Å². The highest BCUT2D eigenvalue weighted by molar-refractivity contribution is 5.95. The summed E-state index contributed by atoms with van der Waals surface area (Å²) in [7, 11) is 0.